The van der Waals surface area contributed by atoms with Crippen LogP contribution in [0.25, 0.3) is 0 Å². The molecule has 0 radical (unpaired) electrons. The summed E-state index contributed by atoms with van der Waals surface area (Å²) < 4.78 is 37.5. The molecule has 3 N–H and O–H groups in total. The summed E-state index contributed by atoms with van der Waals surface area (Å²) in [6.07, 6.45) is 0. The van der Waals surface area contributed by atoms with Crippen LogP contribution in [0.2, 0.25) is 0 Å². The second kappa shape index (κ2) is 9.03. The average molecular weight is 447 g/mol. The van der Waals surface area contributed by atoms with Crippen molar-refractivity contribution in [1.82, 2.24) is 0 Å². The molecule has 6 nitrogen and oxygen atoms in total. The largest absolute Gasteiger partial charge is 0.457 e. The zero-order valence-corrected chi connectivity index (χ0v) is 18.2. The average Bonchev–Trinajstić information content (AvgIpc) is 2.80. The molecule has 0 aromatic heterocycles. The van der Waals surface area contributed by atoms with Gasteiger partial charge in [0.1, 0.15) is 23.0 Å². The predicted molar refractivity (Wildman–Crippen MR) is 125 cm³/mol. The molecule has 32 heavy (non-hydrogen) atoms. The molecule has 4 rings (SSSR count). The third-order valence-electron chi connectivity index (χ3n) is 4.72. The van der Waals surface area contributed by atoms with Gasteiger partial charge in [0.05, 0.1) is 9.79 Å². The normalized spacial score (nSPS) is 11.0. The molecule has 0 heterocycles. The fourth-order valence-electron chi connectivity index (χ4n) is 3.08. The van der Waals surface area contributed by atoms with E-state index >= 15 is 0 Å². The third-order valence-corrected chi connectivity index (χ3v) is 6.51. The van der Waals surface area contributed by atoms with Gasteiger partial charge in [0.15, 0.2) is 0 Å². The van der Waals surface area contributed by atoms with Crippen LogP contribution in [0, 0.1) is 0 Å². The topological polar surface area (TPSA) is 90.6 Å². The Balaban J connectivity index is 1.49. The van der Waals surface area contributed by atoms with Crippen LogP contribution >= 0.6 is 0 Å². The van der Waals surface area contributed by atoms with E-state index in [9.17, 15) is 8.42 Å². The molecule has 0 saturated heterocycles. The minimum Gasteiger partial charge on any atom is -0.457 e. The first-order valence-electron chi connectivity index (χ1n) is 9.88. The first kappa shape index (κ1) is 21.3. The molecule has 0 atom stereocenters. The van der Waals surface area contributed by atoms with Crippen molar-refractivity contribution in [1.29, 1.82) is 0 Å². The van der Waals surface area contributed by atoms with E-state index in [1.165, 1.54) is 24.3 Å². The number of nitrogens with one attached hydrogen (secondary N) is 1. The lowest BCUT2D eigenvalue weighted by atomic mass is 10.3. The number of benzene rings is 4. The van der Waals surface area contributed by atoms with Crippen LogP contribution in [-0.2, 0) is 9.84 Å². The fourth-order valence-corrected chi connectivity index (χ4v) is 4.34. The molecule has 0 spiro atoms. The van der Waals surface area contributed by atoms with Gasteiger partial charge in [0.25, 0.3) is 0 Å². The van der Waals surface area contributed by atoms with Crippen LogP contribution in [0.5, 0.6) is 23.0 Å². The molecule has 0 bridgehead atoms. The first-order valence-corrected chi connectivity index (χ1v) is 11.4. The van der Waals surface area contributed by atoms with Crippen molar-refractivity contribution in [2.75, 3.05) is 18.1 Å². The van der Waals surface area contributed by atoms with Crippen molar-refractivity contribution in [2.45, 2.75) is 9.79 Å². The Morgan fingerprint density at radius 1 is 0.656 bits per heavy atom. The first-order chi connectivity index (χ1) is 15.4. The van der Waals surface area contributed by atoms with Crippen molar-refractivity contribution in [3.05, 3.63) is 97.1 Å². The summed E-state index contributed by atoms with van der Waals surface area (Å²) >= 11 is 0. The monoisotopic (exact) mass is 446 g/mol. The summed E-state index contributed by atoms with van der Waals surface area (Å²) in [6, 6.07) is 27.1. The lowest BCUT2D eigenvalue weighted by molar-refractivity contribution is 0.482. The summed E-state index contributed by atoms with van der Waals surface area (Å²) in [7, 11) is -1.85. The molecule has 0 saturated carbocycles. The Bertz CT molecular complexity index is 1320. The van der Waals surface area contributed by atoms with Gasteiger partial charge in [-0.2, -0.15) is 0 Å². The highest BCUT2D eigenvalue weighted by Gasteiger charge is 2.18. The van der Waals surface area contributed by atoms with Crippen molar-refractivity contribution in [3.63, 3.8) is 0 Å². The molecule has 0 aliphatic heterocycles. The van der Waals surface area contributed by atoms with Crippen LogP contribution < -0.4 is 20.5 Å². The molecule has 162 valence electrons. The minimum atomic E-state index is -3.68. The Kier molecular flexibility index (Phi) is 6.00. The molecule has 0 aliphatic carbocycles. The quantitative estimate of drug-likeness (QED) is 0.353. The highest BCUT2D eigenvalue weighted by Crippen LogP contribution is 2.29. The van der Waals surface area contributed by atoms with Crippen LogP contribution in [0.4, 0.5) is 11.4 Å². The van der Waals surface area contributed by atoms with E-state index in [2.05, 4.69) is 5.32 Å². The highest BCUT2D eigenvalue weighted by molar-refractivity contribution is 7.91. The Morgan fingerprint density at radius 3 is 1.66 bits per heavy atom. The van der Waals surface area contributed by atoms with Gasteiger partial charge in [-0.1, -0.05) is 12.1 Å². The van der Waals surface area contributed by atoms with Crippen LogP contribution in [0.1, 0.15) is 0 Å². The Labute approximate surface area is 187 Å². The number of anilines is 2. The number of hydrogen-bond donors (Lipinski definition) is 2. The van der Waals surface area contributed by atoms with Gasteiger partial charge in [-0.3, -0.25) is 0 Å². The van der Waals surface area contributed by atoms with Crippen LogP contribution in [0.3, 0.4) is 0 Å². The lowest BCUT2D eigenvalue weighted by Crippen LogP contribution is -2.02. The van der Waals surface area contributed by atoms with E-state index in [-0.39, 0.29) is 9.79 Å². The number of hydrogen-bond acceptors (Lipinski definition) is 6. The van der Waals surface area contributed by atoms with Gasteiger partial charge in [0, 0.05) is 30.6 Å². The smallest absolute Gasteiger partial charge is 0.206 e. The fraction of sp³-hybridized carbons (Fsp3) is 0.0400. The van der Waals surface area contributed by atoms with E-state index in [1.807, 2.05) is 31.3 Å². The number of nitrogen functional groups attached to an aromatic ring is 1. The molecule has 4 aromatic rings. The summed E-state index contributed by atoms with van der Waals surface area (Å²) in [5, 5.41) is 3.05. The van der Waals surface area contributed by atoms with Crippen molar-refractivity contribution in [3.8, 4) is 23.0 Å². The van der Waals surface area contributed by atoms with Gasteiger partial charge >= 0.3 is 0 Å². The third kappa shape index (κ3) is 4.84. The molecule has 0 aliphatic rings. The summed E-state index contributed by atoms with van der Waals surface area (Å²) in [5.74, 6) is 2.30. The van der Waals surface area contributed by atoms with E-state index in [0.717, 1.165) is 5.69 Å². The van der Waals surface area contributed by atoms with E-state index in [0.29, 0.717) is 28.7 Å². The Hall–Kier alpha value is -3.97. The van der Waals surface area contributed by atoms with Crippen molar-refractivity contribution >= 4 is 21.2 Å². The maximum Gasteiger partial charge on any atom is 0.206 e. The van der Waals surface area contributed by atoms with Gasteiger partial charge in [-0.15, -0.1) is 0 Å². The van der Waals surface area contributed by atoms with E-state index in [4.69, 9.17) is 15.2 Å². The molecule has 0 unspecified atom stereocenters. The second-order valence-electron chi connectivity index (χ2n) is 7.00. The number of nitrogens with two attached hydrogens (primary N) is 1. The van der Waals surface area contributed by atoms with Gasteiger partial charge in [-0.05, 0) is 72.8 Å². The van der Waals surface area contributed by atoms with Crippen molar-refractivity contribution in [2.24, 2.45) is 0 Å². The van der Waals surface area contributed by atoms with Crippen LogP contribution in [-0.4, -0.2) is 15.5 Å². The molecule has 0 amide bonds. The predicted octanol–water partition coefficient (Wildman–Crippen LogP) is 5.73. The summed E-state index contributed by atoms with van der Waals surface area (Å²) in [5.41, 5.74) is 7.26. The number of rotatable bonds is 7. The minimum absolute atomic E-state index is 0.174. The summed E-state index contributed by atoms with van der Waals surface area (Å²) in [4.78, 5) is 0.353. The number of sulfone groups is 1. The zero-order valence-electron chi connectivity index (χ0n) is 17.4. The van der Waals surface area contributed by atoms with Gasteiger partial charge < -0.3 is 20.5 Å². The molecule has 4 aromatic carbocycles. The van der Waals surface area contributed by atoms with E-state index in [1.54, 1.807) is 48.5 Å². The molecular formula is C25H22N2O4S. The molecule has 0 fully saturated rings. The van der Waals surface area contributed by atoms with Crippen molar-refractivity contribution < 1.29 is 17.9 Å². The zero-order chi connectivity index (χ0) is 22.6. The lowest BCUT2D eigenvalue weighted by Gasteiger charge is -2.10. The van der Waals surface area contributed by atoms with Gasteiger partial charge in [-0.25, -0.2) is 8.42 Å². The molecule has 7 heteroatoms. The van der Waals surface area contributed by atoms with Crippen LogP contribution in [0.15, 0.2) is 107 Å². The highest BCUT2D eigenvalue weighted by atomic mass is 32.2. The van der Waals surface area contributed by atoms with Gasteiger partial charge in [0.2, 0.25) is 9.84 Å². The Morgan fingerprint density at radius 2 is 1.16 bits per heavy atom. The maximum absolute atomic E-state index is 13.0. The standard InChI is InChI=1S/C25H22N2O4S/c1-27-19-5-3-7-23(17-19)31-21-10-14-25(15-11-21)32(28,29)24-12-8-20(9-13-24)30-22-6-2-4-18(26)16-22/h2-17,27H,26H2,1H3. The second-order valence-corrected chi connectivity index (χ2v) is 8.95. The SMILES string of the molecule is CNc1cccc(Oc2ccc(S(=O)(=O)c3ccc(Oc4cccc(N)c4)cc3)cc2)c1. The maximum atomic E-state index is 13.0. The summed E-state index contributed by atoms with van der Waals surface area (Å²) in [6.45, 7) is 0. The number of ether oxygens (including phenoxy) is 2. The van der Waals surface area contributed by atoms with E-state index < -0.39 is 9.84 Å². The molecular weight excluding hydrogens is 424 g/mol.